The van der Waals surface area contributed by atoms with E-state index in [9.17, 15) is 4.79 Å². The number of aromatic nitrogens is 4. The second kappa shape index (κ2) is 9.01. The van der Waals surface area contributed by atoms with Crippen molar-refractivity contribution in [3.05, 3.63) is 52.3 Å². The summed E-state index contributed by atoms with van der Waals surface area (Å²) in [5.74, 6) is 1.79. The Kier molecular flexibility index (Phi) is 6.18. The van der Waals surface area contributed by atoms with E-state index < -0.39 is 0 Å². The van der Waals surface area contributed by atoms with Gasteiger partial charge in [0, 0.05) is 32.7 Å². The molecular weight excluding hydrogens is 390 g/mol. The van der Waals surface area contributed by atoms with Crippen LogP contribution in [0, 0.1) is 27.7 Å². The highest BCUT2D eigenvalue weighted by molar-refractivity contribution is 5.78. The normalized spacial score (nSPS) is 14.9. The van der Waals surface area contributed by atoms with Crippen LogP contribution in [-0.2, 0) is 11.2 Å². The average molecular weight is 422 g/mol. The van der Waals surface area contributed by atoms with Crippen LogP contribution in [0.5, 0.6) is 0 Å². The molecule has 0 saturated carbocycles. The lowest BCUT2D eigenvalue weighted by Gasteiger charge is -2.34. The van der Waals surface area contributed by atoms with Crippen molar-refractivity contribution in [2.75, 3.05) is 44.2 Å². The third kappa shape index (κ3) is 4.85. The fourth-order valence-corrected chi connectivity index (χ4v) is 4.38. The summed E-state index contributed by atoms with van der Waals surface area (Å²) in [6.07, 6.45) is 0.869. The van der Waals surface area contributed by atoms with Gasteiger partial charge in [-0.05, 0) is 62.9 Å². The lowest BCUT2D eigenvalue weighted by molar-refractivity contribution is -0.122. The molecule has 2 aromatic heterocycles. The first-order valence-electron chi connectivity index (χ1n) is 10.9. The SMILES string of the molecule is Cc1cc(C)c(CCNC(=O)CN2CCN(c3ccc4nnc(C)n4n3)CC2)c(C)c1. The largest absolute Gasteiger partial charge is 0.355 e. The molecular formula is C23H31N7O. The van der Waals surface area contributed by atoms with E-state index in [1.807, 2.05) is 19.1 Å². The summed E-state index contributed by atoms with van der Waals surface area (Å²) in [6.45, 7) is 12.8. The van der Waals surface area contributed by atoms with Crippen LogP contribution in [0.15, 0.2) is 24.3 Å². The van der Waals surface area contributed by atoms with Crippen LogP contribution in [0.2, 0.25) is 0 Å². The van der Waals surface area contributed by atoms with Crippen molar-refractivity contribution < 1.29 is 4.79 Å². The Labute approximate surface area is 183 Å². The average Bonchev–Trinajstić information content (AvgIpc) is 3.11. The van der Waals surface area contributed by atoms with Gasteiger partial charge in [0.15, 0.2) is 11.5 Å². The van der Waals surface area contributed by atoms with Crippen LogP contribution in [-0.4, -0.2) is 69.9 Å². The van der Waals surface area contributed by atoms with Crippen LogP contribution >= 0.6 is 0 Å². The van der Waals surface area contributed by atoms with Gasteiger partial charge in [0.2, 0.25) is 5.91 Å². The maximum absolute atomic E-state index is 12.4. The summed E-state index contributed by atoms with van der Waals surface area (Å²) in [4.78, 5) is 16.9. The van der Waals surface area contributed by atoms with E-state index in [0.29, 0.717) is 13.1 Å². The molecule has 31 heavy (non-hydrogen) atoms. The molecule has 0 unspecified atom stereocenters. The fraction of sp³-hybridized carbons (Fsp3) is 0.478. The number of piperazine rings is 1. The summed E-state index contributed by atoms with van der Waals surface area (Å²) in [5, 5.41) is 15.9. The topological polar surface area (TPSA) is 78.7 Å². The van der Waals surface area contributed by atoms with Crippen molar-refractivity contribution in [2.45, 2.75) is 34.1 Å². The molecule has 1 amide bonds. The molecule has 1 saturated heterocycles. The van der Waals surface area contributed by atoms with Gasteiger partial charge in [-0.1, -0.05) is 17.7 Å². The highest BCUT2D eigenvalue weighted by Crippen LogP contribution is 2.17. The predicted molar refractivity (Wildman–Crippen MR) is 122 cm³/mol. The van der Waals surface area contributed by atoms with E-state index in [1.54, 1.807) is 4.52 Å². The summed E-state index contributed by atoms with van der Waals surface area (Å²) in [5.41, 5.74) is 5.99. The maximum Gasteiger partial charge on any atom is 0.234 e. The first kappa shape index (κ1) is 21.2. The predicted octanol–water partition coefficient (Wildman–Crippen LogP) is 1.84. The van der Waals surface area contributed by atoms with Gasteiger partial charge in [0.1, 0.15) is 5.82 Å². The standard InChI is InChI=1S/C23H31N7O/c1-16-13-17(2)20(18(3)14-16)7-8-24-23(31)15-28-9-11-29(12-10-28)22-6-5-21-26-25-19(4)30(21)27-22/h5-6,13-14H,7-12,15H2,1-4H3,(H,24,31). The number of rotatable bonds is 6. The molecule has 8 nitrogen and oxygen atoms in total. The fourth-order valence-electron chi connectivity index (χ4n) is 4.38. The zero-order valence-electron chi connectivity index (χ0n) is 18.9. The van der Waals surface area contributed by atoms with Crippen LogP contribution < -0.4 is 10.2 Å². The van der Waals surface area contributed by atoms with Crippen molar-refractivity contribution in [1.82, 2.24) is 30.0 Å². The number of nitrogens with zero attached hydrogens (tertiary/aromatic N) is 6. The second-order valence-electron chi connectivity index (χ2n) is 8.45. The van der Waals surface area contributed by atoms with E-state index in [1.165, 1.54) is 22.3 Å². The molecule has 0 atom stereocenters. The van der Waals surface area contributed by atoms with E-state index >= 15 is 0 Å². The second-order valence-corrected chi connectivity index (χ2v) is 8.45. The summed E-state index contributed by atoms with van der Waals surface area (Å²) in [7, 11) is 0. The molecule has 0 radical (unpaired) electrons. The zero-order chi connectivity index (χ0) is 22.0. The van der Waals surface area contributed by atoms with Crippen molar-refractivity contribution in [3.8, 4) is 0 Å². The number of carbonyl (C=O) groups is 1. The number of anilines is 1. The minimum Gasteiger partial charge on any atom is -0.355 e. The van der Waals surface area contributed by atoms with Gasteiger partial charge in [-0.15, -0.1) is 15.3 Å². The third-order valence-corrected chi connectivity index (χ3v) is 6.01. The summed E-state index contributed by atoms with van der Waals surface area (Å²) in [6, 6.07) is 8.35. The van der Waals surface area contributed by atoms with Gasteiger partial charge in [-0.3, -0.25) is 9.69 Å². The van der Waals surface area contributed by atoms with E-state index in [2.05, 4.69) is 63.3 Å². The van der Waals surface area contributed by atoms with Gasteiger partial charge in [-0.25, -0.2) is 0 Å². The Bertz CT molecular complexity index is 1060. The van der Waals surface area contributed by atoms with E-state index in [4.69, 9.17) is 0 Å². The number of aryl methyl sites for hydroxylation is 4. The first-order valence-corrected chi connectivity index (χ1v) is 10.9. The number of benzene rings is 1. The molecule has 8 heteroatoms. The van der Waals surface area contributed by atoms with Crippen LogP contribution in [0.25, 0.3) is 5.65 Å². The number of amides is 1. The molecule has 1 fully saturated rings. The highest BCUT2D eigenvalue weighted by atomic mass is 16.2. The van der Waals surface area contributed by atoms with Crippen molar-refractivity contribution in [1.29, 1.82) is 0 Å². The van der Waals surface area contributed by atoms with Gasteiger partial charge in [0.05, 0.1) is 6.54 Å². The first-order chi connectivity index (χ1) is 14.9. The van der Waals surface area contributed by atoms with E-state index in [-0.39, 0.29) is 5.91 Å². The smallest absolute Gasteiger partial charge is 0.234 e. The molecule has 1 aliphatic heterocycles. The van der Waals surface area contributed by atoms with Crippen molar-refractivity contribution >= 4 is 17.4 Å². The number of nitrogens with one attached hydrogen (secondary N) is 1. The number of hydrogen-bond donors (Lipinski definition) is 1. The van der Waals surface area contributed by atoms with Gasteiger partial charge < -0.3 is 10.2 Å². The maximum atomic E-state index is 12.4. The van der Waals surface area contributed by atoms with Crippen molar-refractivity contribution in [3.63, 3.8) is 0 Å². The number of hydrogen-bond acceptors (Lipinski definition) is 6. The summed E-state index contributed by atoms with van der Waals surface area (Å²) < 4.78 is 1.77. The zero-order valence-corrected chi connectivity index (χ0v) is 18.9. The van der Waals surface area contributed by atoms with Crippen LogP contribution in [0.1, 0.15) is 28.1 Å². The van der Waals surface area contributed by atoms with Gasteiger partial charge >= 0.3 is 0 Å². The number of carbonyl (C=O) groups excluding carboxylic acids is 1. The molecule has 164 valence electrons. The molecule has 1 aliphatic rings. The third-order valence-electron chi connectivity index (χ3n) is 6.01. The van der Waals surface area contributed by atoms with Crippen LogP contribution in [0.4, 0.5) is 5.82 Å². The quantitative estimate of drug-likeness (QED) is 0.654. The molecule has 3 heterocycles. The Morgan fingerprint density at radius 3 is 2.42 bits per heavy atom. The van der Waals surface area contributed by atoms with Crippen LogP contribution in [0.3, 0.4) is 0 Å². The summed E-state index contributed by atoms with van der Waals surface area (Å²) >= 11 is 0. The highest BCUT2D eigenvalue weighted by Gasteiger charge is 2.20. The lowest BCUT2D eigenvalue weighted by Crippen LogP contribution is -2.50. The number of fused-ring (bicyclic) bond motifs is 1. The molecule has 0 aliphatic carbocycles. The Morgan fingerprint density at radius 2 is 1.71 bits per heavy atom. The Balaban J connectivity index is 1.24. The van der Waals surface area contributed by atoms with E-state index in [0.717, 1.165) is 49.9 Å². The van der Waals surface area contributed by atoms with Gasteiger partial charge in [0.25, 0.3) is 0 Å². The minimum atomic E-state index is 0.0931. The molecule has 1 N–H and O–H groups in total. The lowest BCUT2D eigenvalue weighted by atomic mass is 9.97. The molecule has 0 spiro atoms. The molecule has 0 bridgehead atoms. The molecule has 3 aromatic rings. The molecule has 4 rings (SSSR count). The molecule has 1 aromatic carbocycles. The Hall–Kier alpha value is -3.00. The minimum absolute atomic E-state index is 0.0931. The van der Waals surface area contributed by atoms with Crippen molar-refractivity contribution in [2.24, 2.45) is 0 Å². The monoisotopic (exact) mass is 421 g/mol. The Morgan fingerprint density at radius 1 is 1.00 bits per heavy atom. The van der Waals surface area contributed by atoms with Gasteiger partial charge in [-0.2, -0.15) is 4.52 Å².